The molecule has 158 valence electrons. The first kappa shape index (κ1) is 21.6. The molecule has 0 radical (unpaired) electrons. The molecule has 2 heterocycles. The lowest BCUT2D eigenvalue weighted by molar-refractivity contribution is 0.0724. The van der Waals surface area contributed by atoms with Crippen LogP contribution in [0.3, 0.4) is 0 Å². The number of aromatic nitrogens is 2. The molecule has 1 aliphatic heterocycles. The smallest absolute Gasteiger partial charge is 0.274 e. The fourth-order valence-corrected chi connectivity index (χ4v) is 4.35. The SMILES string of the molecule is Cc1ccccc1CCN1CCCC(CN(C)C(=O)c2cc(CC(C)C)[nH]n2)C1. The molecule has 5 heteroatoms. The van der Waals surface area contributed by atoms with Crippen LogP contribution in [0.4, 0.5) is 0 Å². The summed E-state index contributed by atoms with van der Waals surface area (Å²) in [5, 5.41) is 7.26. The lowest BCUT2D eigenvalue weighted by atomic mass is 9.96. The number of hydrogen-bond donors (Lipinski definition) is 1. The summed E-state index contributed by atoms with van der Waals surface area (Å²) in [6, 6.07) is 10.6. The van der Waals surface area contributed by atoms with Gasteiger partial charge in [-0.15, -0.1) is 0 Å². The minimum absolute atomic E-state index is 0.0216. The Morgan fingerprint density at radius 2 is 2.14 bits per heavy atom. The van der Waals surface area contributed by atoms with Crippen LogP contribution >= 0.6 is 0 Å². The molecule has 1 N–H and O–H groups in total. The summed E-state index contributed by atoms with van der Waals surface area (Å²) >= 11 is 0. The minimum atomic E-state index is 0.0216. The predicted octanol–water partition coefficient (Wildman–Crippen LogP) is 3.94. The van der Waals surface area contributed by atoms with Crippen molar-refractivity contribution in [3.63, 3.8) is 0 Å². The number of nitrogens with one attached hydrogen (secondary N) is 1. The van der Waals surface area contributed by atoms with E-state index >= 15 is 0 Å². The molecular formula is C24H36N4O. The molecule has 5 nitrogen and oxygen atoms in total. The predicted molar refractivity (Wildman–Crippen MR) is 118 cm³/mol. The van der Waals surface area contributed by atoms with Crippen molar-refractivity contribution < 1.29 is 4.79 Å². The molecule has 2 aromatic rings. The van der Waals surface area contributed by atoms with Crippen molar-refractivity contribution in [2.75, 3.05) is 33.2 Å². The third-order valence-electron chi connectivity index (χ3n) is 5.92. The van der Waals surface area contributed by atoms with Gasteiger partial charge >= 0.3 is 0 Å². The van der Waals surface area contributed by atoms with E-state index in [0.29, 0.717) is 17.5 Å². The second kappa shape index (κ2) is 10.1. The Balaban J connectivity index is 1.49. The van der Waals surface area contributed by atoms with Gasteiger partial charge in [0.15, 0.2) is 0 Å². The van der Waals surface area contributed by atoms with Crippen LogP contribution in [0, 0.1) is 18.8 Å². The molecule has 1 aromatic heterocycles. The van der Waals surface area contributed by atoms with Crippen molar-refractivity contribution in [2.24, 2.45) is 11.8 Å². The fraction of sp³-hybridized carbons (Fsp3) is 0.583. The molecule has 1 saturated heterocycles. The second-order valence-electron chi connectivity index (χ2n) is 9.05. The van der Waals surface area contributed by atoms with Crippen molar-refractivity contribution in [2.45, 2.75) is 46.5 Å². The Kier molecular flexibility index (Phi) is 7.48. The largest absolute Gasteiger partial charge is 0.340 e. The summed E-state index contributed by atoms with van der Waals surface area (Å²) < 4.78 is 0. The summed E-state index contributed by atoms with van der Waals surface area (Å²) in [5.74, 6) is 1.10. The van der Waals surface area contributed by atoms with E-state index < -0.39 is 0 Å². The molecule has 1 aliphatic rings. The standard InChI is InChI=1S/C24H36N4O/c1-18(2)14-22-15-23(26-25-22)24(29)27(4)16-20-9-7-12-28(17-20)13-11-21-10-6-5-8-19(21)3/h5-6,8,10,15,18,20H,7,9,11-14,16-17H2,1-4H3,(H,25,26). The highest BCUT2D eigenvalue weighted by atomic mass is 16.2. The number of rotatable bonds is 8. The Hall–Kier alpha value is -2.14. The maximum Gasteiger partial charge on any atom is 0.274 e. The Bertz CT molecular complexity index is 798. The van der Waals surface area contributed by atoms with Crippen LogP contribution < -0.4 is 0 Å². The average Bonchev–Trinajstić information content (AvgIpc) is 3.14. The molecule has 0 bridgehead atoms. The number of nitrogens with zero attached hydrogens (tertiary/aromatic N) is 3. The monoisotopic (exact) mass is 396 g/mol. The average molecular weight is 397 g/mol. The van der Waals surface area contributed by atoms with E-state index in [4.69, 9.17) is 0 Å². The molecule has 0 aliphatic carbocycles. The summed E-state index contributed by atoms with van der Waals surface area (Å²) in [7, 11) is 1.91. The van der Waals surface area contributed by atoms with Gasteiger partial charge in [0.25, 0.3) is 5.91 Å². The molecule has 1 atom stereocenters. The number of hydrogen-bond acceptors (Lipinski definition) is 3. The van der Waals surface area contributed by atoms with Crippen LogP contribution in [0.15, 0.2) is 30.3 Å². The number of likely N-dealkylation sites (tertiary alicyclic amines) is 1. The first-order valence-corrected chi connectivity index (χ1v) is 11.0. The Labute approximate surface area is 175 Å². The molecule has 29 heavy (non-hydrogen) atoms. The number of carbonyl (C=O) groups is 1. The number of amides is 1. The fourth-order valence-electron chi connectivity index (χ4n) is 4.35. The van der Waals surface area contributed by atoms with Gasteiger partial charge in [-0.2, -0.15) is 5.10 Å². The molecular weight excluding hydrogens is 360 g/mol. The number of piperidine rings is 1. The highest BCUT2D eigenvalue weighted by molar-refractivity contribution is 5.92. The van der Waals surface area contributed by atoms with Crippen LogP contribution in [-0.2, 0) is 12.8 Å². The van der Waals surface area contributed by atoms with Gasteiger partial charge in [0.05, 0.1) is 0 Å². The van der Waals surface area contributed by atoms with E-state index in [1.807, 2.05) is 18.0 Å². The first-order valence-electron chi connectivity index (χ1n) is 11.0. The topological polar surface area (TPSA) is 52.2 Å². The highest BCUT2D eigenvalue weighted by Crippen LogP contribution is 2.19. The Morgan fingerprint density at radius 3 is 2.90 bits per heavy atom. The number of aryl methyl sites for hydroxylation is 1. The summed E-state index contributed by atoms with van der Waals surface area (Å²) in [6.07, 6.45) is 4.42. The lowest BCUT2D eigenvalue weighted by Gasteiger charge is -2.34. The highest BCUT2D eigenvalue weighted by Gasteiger charge is 2.24. The quantitative estimate of drug-likeness (QED) is 0.735. The van der Waals surface area contributed by atoms with Gasteiger partial charge in [0.2, 0.25) is 0 Å². The van der Waals surface area contributed by atoms with Gasteiger partial charge in [-0.25, -0.2) is 0 Å². The van der Waals surface area contributed by atoms with E-state index in [-0.39, 0.29) is 5.91 Å². The normalized spacial score (nSPS) is 17.6. The van der Waals surface area contributed by atoms with Gasteiger partial charge < -0.3 is 9.80 Å². The van der Waals surface area contributed by atoms with E-state index in [1.165, 1.54) is 24.0 Å². The zero-order valence-corrected chi connectivity index (χ0v) is 18.4. The second-order valence-corrected chi connectivity index (χ2v) is 9.05. The van der Waals surface area contributed by atoms with Crippen molar-refractivity contribution in [1.29, 1.82) is 0 Å². The van der Waals surface area contributed by atoms with E-state index in [0.717, 1.165) is 44.7 Å². The van der Waals surface area contributed by atoms with Crippen LogP contribution in [0.1, 0.15) is 54.0 Å². The van der Waals surface area contributed by atoms with Crippen molar-refractivity contribution in [3.8, 4) is 0 Å². The third-order valence-corrected chi connectivity index (χ3v) is 5.92. The molecule has 0 spiro atoms. The molecule has 1 amide bonds. The summed E-state index contributed by atoms with van der Waals surface area (Å²) in [6.45, 7) is 10.7. The van der Waals surface area contributed by atoms with Crippen molar-refractivity contribution >= 4 is 5.91 Å². The minimum Gasteiger partial charge on any atom is -0.340 e. The molecule has 1 unspecified atom stereocenters. The van der Waals surface area contributed by atoms with Gasteiger partial charge in [0, 0.05) is 32.4 Å². The molecule has 1 aromatic carbocycles. The van der Waals surface area contributed by atoms with Crippen LogP contribution in [-0.4, -0.2) is 59.1 Å². The zero-order chi connectivity index (χ0) is 20.8. The zero-order valence-electron chi connectivity index (χ0n) is 18.4. The summed E-state index contributed by atoms with van der Waals surface area (Å²) in [5.41, 5.74) is 4.40. The molecule has 1 fully saturated rings. The Morgan fingerprint density at radius 1 is 1.34 bits per heavy atom. The van der Waals surface area contributed by atoms with E-state index in [2.05, 4.69) is 60.1 Å². The first-order chi connectivity index (χ1) is 13.9. The van der Waals surface area contributed by atoms with Crippen molar-refractivity contribution in [1.82, 2.24) is 20.0 Å². The maximum atomic E-state index is 12.8. The van der Waals surface area contributed by atoms with Crippen molar-refractivity contribution in [3.05, 3.63) is 52.8 Å². The van der Waals surface area contributed by atoms with Gasteiger partial charge in [-0.1, -0.05) is 38.1 Å². The van der Waals surface area contributed by atoms with Gasteiger partial charge in [-0.3, -0.25) is 9.89 Å². The number of aromatic amines is 1. The molecule has 0 saturated carbocycles. The number of H-pyrrole nitrogens is 1. The van der Waals surface area contributed by atoms with E-state index in [1.54, 1.807) is 0 Å². The van der Waals surface area contributed by atoms with E-state index in [9.17, 15) is 4.79 Å². The van der Waals surface area contributed by atoms with Crippen LogP contribution in [0.2, 0.25) is 0 Å². The lowest BCUT2D eigenvalue weighted by Crippen LogP contribution is -2.42. The number of carbonyl (C=O) groups excluding carboxylic acids is 1. The number of benzene rings is 1. The maximum absolute atomic E-state index is 12.8. The summed E-state index contributed by atoms with van der Waals surface area (Å²) in [4.78, 5) is 17.2. The van der Waals surface area contributed by atoms with Crippen LogP contribution in [0.5, 0.6) is 0 Å². The van der Waals surface area contributed by atoms with Gasteiger partial charge in [-0.05, 0) is 68.2 Å². The molecule has 3 rings (SSSR count). The third kappa shape index (κ3) is 6.17. The van der Waals surface area contributed by atoms with Crippen LogP contribution in [0.25, 0.3) is 0 Å². The van der Waals surface area contributed by atoms with Gasteiger partial charge in [0.1, 0.15) is 5.69 Å².